The molecule has 6 nitrogen and oxygen atoms in total. The van der Waals surface area contributed by atoms with E-state index in [1.54, 1.807) is 6.07 Å². The van der Waals surface area contributed by atoms with Crippen LogP contribution < -0.4 is 4.90 Å². The number of carboxylic acids is 1. The first-order valence-corrected chi connectivity index (χ1v) is 6.85. The predicted molar refractivity (Wildman–Crippen MR) is 76.9 cm³/mol. The minimum Gasteiger partial charge on any atom is -0.476 e. The van der Waals surface area contributed by atoms with E-state index in [0.29, 0.717) is 29.6 Å². The molecule has 0 radical (unpaired) electrons. The number of aromatic nitrogens is 1. The highest BCUT2D eigenvalue weighted by Crippen LogP contribution is 2.31. The van der Waals surface area contributed by atoms with Crippen molar-refractivity contribution in [2.75, 3.05) is 31.2 Å². The molecule has 1 aromatic heterocycles. The van der Waals surface area contributed by atoms with Crippen molar-refractivity contribution in [2.45, 2.75) is 0 Å². The van der Waals surface area contributed by atoms with Crippen LogP contribution in [0.3, 0.4) is 0 Å². The second-order valence-corrected chi connectivity index (χ2v) is 5.05. The molecule has 0 atom stereocenters. The highest BCUT2D eigenvalue weighted by atomic mass is 35.5. The second kappa shape index (κ2) is 5.75. The predicted octanol–water partition coefficient (Wildman–Crippen LogP) is 2.53. The molecule has 0 unspecified atom stereocenters. The molecule has 110 valence electrons. The monoisotopic (exact) mass is 308 g/mol. The minimum absolute atomic E-state index is 0.127. The average Bonchev–Trinajstić information content (AvgIpc) is 2.98. The van der Waals surface area contributed by atoms with Gasteiger partial charge in [0.25, 0.3) is 0 Å². The number of rotatable bonds is 3. The van der Waals surface area contributed by atoms with Gasteiger partial charge in [-0.05, 0) is 18.2 Å². The van der Waals surface area contributed by atoms with E-state index in [2.05, 4.69) is 10.1 Å². The van der Waals surface area contributed by atoms with Crippen LogP contribution in [0.15, 0.2) is 28.8 Å². The maximum atomic E-state index is 10.8. The molecule has 1 saturated heterocycles. The molecular weight excluding hydrogens is 296 g/mol. The Kier molecular flexibility index (Phi) is 3.81. The van der Waals surface area contributed by atoms with Crippen LogP contribution in [-0.2, 0) is 4.74 Å². The second-order valence-electron chi connectivity index (χ2n) is 4.65. The number of halogens is 1. The normalized spacial score (nSPS) is 15.2. The number of aromatic carboxylic acids is 1. The van der Waals surface area contributed by atoms with Crippen molar-refractivity contribution in [2.24, 2.45) is 0 Å². The Morgan fingerprint density at radius 2 is 2.05 bits per heavy atom. The maximum absolute atomic E-state index is 10.8. The van der Waals surface area contributed by atoms with Gasteiger partial charge in [0.1, 0.15) is 0 Å². The zero-order valence-corrected chi connectivity index (χ0v) is 11.8. The van der Waals surface area contributed by atoms with E-state index in [9.17, 15) is 4.79 Å². The molecule has 0 saturated carbocycles. The molecule has 21 heavy (non-hydrogen) atoms. The van der Waals surface area contributed by atoms with Crippen LogP contribution in [0.5, 0.6) is 0 Å². The number of benzene rings is 1. The van der Waals surface area contributed by atoms with Gasteiger partial charge in [-0.15, -0.1) is 0 Å². The lowest BCUT2D eigenvalue weighted by molar-refractivity contribution is 0.0686. The topological polar surface area (TPSA) is 75.8 Å². The van der Waals surface area contributed by atoms with E-state index < -0.39 is 5.97 Å². The van der Waals surface area contributed by atoms with Gasteiger partial charge in [-0.3, -0.25) is 0 Å². The standard InChI is InChI=1S/C14H13ClN2O4/c15-10-7-9(13-8-11(14(18)19)16-21-13)1-2-12(10)17-3-5-20-6-4-17/h1-2,7-8H,3-6H2,(H,18,19). The zero-order chi connectivity index (χ0) is 14.8. The van der Waals surface area contributed by atoms with E-state index in [-0.39, 0.29) is 5.69 Å². The molecule has 3 rings (SSSR count). The summed E-state index contributed by atoms with van der Waals surface area (Å²) in [6, 6.07) is 6.86. The van der Waals surface area contributed by atoms with Gasteiger partial charge in [-0.1, -0.05) is 16.8 Å². The molecule has 1 aliphatic rings. The summed E-state index contributed by atoms with van der Waals surface area (Å²) < 4.78 is 10.3. The Morgan fingerprint density at radius 1 is 1.29 bits per heavy atom. The summed E-state index contributed by atoms with van der Waals surface area (Å²) in [5, 5.41) is 12.9. The number of carbonyl (C=O) groups is 1. The summed E-state index contributed by atoms with van der Waals surface area (Å²) >= 11 is 6.32. The summed E-state index contributed by atoms with van der Waals surface area (Å²) in [6.45, 7) is 2.96. The van der Waals surface area contributed by atoms with Gasteiger partial charge < -0.3 is 19.3 Å². The van der Waals surface area contributed by atoms with Crippen LogP contribution in [0.1, 0.15) is 10.5 Å². The number of ether oxygens (including phenoxy) is 1. The van der Waals surface area contributed by atoms with Gasteiger partial charge in [0.2, 0.25) is 0 Å². The molecule has 1 aromatic carbocycles. The lowest BCUT2D eigenvalue weighted by Gasteiger charge is -2.29. The fourth-order valence-corrected chi connectivity index (χ4v) is 2.53. The first kappa shape index (κ1) is 13.9. The SMILES string of the molecule is O=C(O)c1cc(-c2ccc(N3CCOCC3)c(Cl)c2)on1. The van der Waals surface area contributed by atoms with E-state index in [1.165, 1.54) is 6.07 Å². The average molecular weight is 309 g/mol. The summed E-state index contributed by atoms with van der Waals surface area (Å²) in [7, 11) is 0. The molecule has 0 bridgehead atoms. The largest absolute Gasteiger partial charge is 0.476 e. The number of hydrogen-bond donors (Lipinski definition) is 1. The number of morpholine rings is 1. The molecule has 0 spiro atoms. The van der Waals surface area contributed by atoms with E-state index in [4.69, 9.17) is 26.0 Å². The Morgan fingerprint density at radius 3 is 2.67 bits per heavy atom. The van der Waals surface area contributed by atoms with Crippen molar-refractivity contribution in [1.82, 2.24) is 5.16 Å². The Hall–Kier alpha value is -2.05. The van der Waals surface area contributed by atoms with Crippen LogP contribution in [0.2, 0.25) is 5.02 Å². The fraction of sp³-hybridized carbons (Fsp3) is 0.286. The molecule has 2 heterocycles. The van der Waals surface area contributed by atoms with Crippen molar-refractivity contribution in [1.29, 1.82) is 0 Å². The first-order valence-electron chi connectivity index (χ1n) is 6.48. The van der Waals surface area contributed by atoms with Crippen LogP contribution in [0.4, 0.5) is 5.69 Å². The van der Waals surface area contributed by atoms with Gasteiger partial charge in [0, 0.05) is 24.7 Å². The quantitative estimate of drug-likeness (QED) is 0.939. The van der Waals surface area contributed by atoms with Crippen molar-refractivity contribution in [3.8, 4) is 11.3 Å². The fourth-order valence-electron chi connectivity index (χ4n) is 2.23. The van der Waals surface area contributed by atoms with E-state index in [1.807, 2.05) is 12.1 Å². The number of carboxylic acid groups (broad SMARTS) is 1. The lowest BCUT2D eigenvalue weighted by Crippen LogP contribution is -2.36. The first-order chi connectivity index (χ1) is 10.1. The highest BCUT2D eigenvalue weighted by molar-refractivity contribution is 6.33. The molecule has 0 amide bonds. The van der Waals surface area contributed by atoms with Gasteiger partial charge in [-0.2, -0.15) is 0 Å². The third-order valence-corrected chi connectivity index (χ3v) is 3.62. The molecular formula is C14H13ClN2O4. The molecule has 1 aliphatic heterocycles. The third kappa shape index (κ3) is 2.86. The molecule has 7 heteroatoms. The number of hydrogen-bond acceptors (Lipinski definition) is 5. The highest BCUT2D eigenvalue weighted by Gasteiger charge is 2.17. The minimum atomic E-state index is -1.12. The molecule has 1 fully saturated rings. The number of anilines is 1. The van der Waals surface area contributed by atoms with Crippen LogP contribution in [0, 0.1) is 0 Å². The van der Waals surface area contributed by atoms with Crippen molar-refractivity contribution in [3.63, 3.8) is 0 Å². The van der Waals surface area contributed by atoms with Gasteiger partial charge in [0.15, 0.2) is 11.5 Å². The summed E-state index contributed by atoms with van der Waals surface area (Å²) in [6.07, 6.45) is 0. The van der Waals surface area contributed by atoms with Gasteiger partial charge >= 0.3 is 5.97 Å². The summed E-state index contributed by atoms with van der Waals surface area (Å²) in [4.78, 5) is 13.0. The van der Waals surface area contributed by atoms with Crippen LogP contribution in [-0.4, -0.2) is 42.5 Å². The Labute approximate surface area is 125 Å². The van der Waals surface area contributed by atoms with Gasteiger partial charge in [0.05, 0.1) is 23.9 Å². The van der Waals surface area contributed by atoms with Crippen LogP contribution in [0.25, 0.3) is 11.3 Å². The van der Waals surface area contributed by atoms with E-state index in [0.717, 1.165) is 18.8 Å². The lowest BCUT2D eigenvalue weighted by atomic mass is 10.1. The zero-order valence-electron chi connectivity index (χ0n) is 11.1. The molecule has 0 aliphatic carbocycles. The van der Waals surface area contributed by atoms with Gasteiger partial charge in [-0.25, -0.2) is 4.79 Å². The van der Waals surface area contributed by atoms with Crippen molar-refractivity contribution in [3.05, 3.63) is 35.0 Å². The summed E-state index contributed by atoms with van der Waals surface area (Å²) in [5.41, 5.74) is 1.50. The third-order valence-electron chi connectivity index (χ3n) is 3.31. The smallest absolute Gasteiger partial charge is 0.358 e. The Bertz CT molecular complexity index is 665. The molecule has 2 aromatic rings. The molecule has 1 N–H and O–H groups in total. The van der Waals surface area contributed by atoms with Crippen LogP contribution >= 0.6 is 11.6 Å². The Balaban J connectivity index is 1.87. The van der Waals surface area contributed by atoms with E-state index >= 15 is 0 Å². The van der Waals surface area contributed by atoms with Crippen molar-refractivity contribution >= 4 is 23.3 Å². The number of nitrogens with zero attached hydrogens (tertiary/aromatic N) is 2. The summed E-state index contributed by atoms with van der Waals surface area (Å²) in [5.74, 6) is -0.746. The van der Waals surface area contributed by atoms with Crippen molar-refractivity contribution < 1.29 is 19.2 Å². The maximum Gasteiger partial charge on any atom is 0.358 e.